The van der Waals surface area contributed by atoms with Crippen molar-refractivity contribution in [1.29, 1.82) is 0 Å². The lowest BCUT2D eigenvalue weighted by molar-refractivity contribution is -0.142. The van der Waals surface area contributed by atoms with Crippen LogP contribution in [0.2, 0.25) is 0 Å². The quantitative estimate of drug-likeness (QED) is 0.0193. The number of para-hydroxylation sites is 1. The van der Waals surface area contributed by atoms with Gasteiger partial charge in [0.05, 0.1) is 6.04 Å². The van der Waals surface area contributed by atoms with Crippen LogP contribution in [0.1, 0.15) is 89.0 Å². The SMILES string of the molecule is NCCCCC(N)C(=O)NC(CCCN=C(N)N)C(=O)NC(CCCN=C(N)N)C(=O)NC(Cc1c[nH]c2ccccc12)C(=O)NC(CCCCN)C(=O)NC(CCCCN)C(=O)O. The molecule has 23 N–H and O–H groups in total. The lowest BCUT2D eigenvalue weighted by Crippen LogP contribution is -2.59. The average Bonchev–Trinajstić information content (AvgIpc) is 3.66. The van der Waals surface area contributed by atoms with E-state index < -0.39 is 71.8 Å². The zero-order valence-electron chi connectivity index (χ0n) is 36.7. The van der Waals surface area contributed by atoms with Gasteiger partial charge in [0.15, 0.2) is 11.9 Å². The number of unbranched alkanes of at least 4 members (excludes halogenated alkanes) is 3. The van der Waals surface area contributed by atoms with Crippen LogP contribution in [-0.2, 0) is 35.2 Å². The molecule has 0 aliphatic carbocycles. The molecule has 0 aliphatic rings. The molecule has 23 heteroatoms. The normalized spacial score (nSPS) is 13.9. The van der Waals surface area contributed by atoms with Crippen molar-refractivity contribution in [2.75, 3.05) is 32.7 Å². The maximum Gasteiger partial charge on any atom is 0.326 e. The Hall–Kier alpha value is -6.04. The summed E-state index contributed by atoms with van der Waals surface area (Å²) >= 11 is 0. The van der Waals surface area contributed by atoms with E-state index in [9.17, 15) is 33.9 Å². The van der Waals surface area contributed by atoms with Gasteiger partial charge in [0.25, 0.3) is 0 Å². The first-order valence-corrected chi connectivity index (χ1v) is 21.9. The number of nitrogens with one attached hydrogen (secondary N) is 6. The number of aliphatic imine (C=N–C) groups is 2. The van der Waals surface area contributed by atoms with Gasteiger partial charge in [-0.2, -0.15) is 0 Å². The first kappa shape index (κ1) is 54.1. The van der Waals surface area contributed by atoms with E-state index in [4.69, 9.17) is 45.9 Å². The summed E-state index contributed by atoms with van der Waals surface area (Å²) in [4.78, 5) is 92.8. The summed E-state index contributed by atoms with van der Waals surface area (Å²) in [5.41, 5.74) is 46.5. The third-order valence-corrected chi connectivity index (χ3v) is 10.3. The van der Waals surface area contributed by atoms with Crippen molar-refractivity contribution in [3.8, 4) is 0 Å². The monoisotopic (exact) mass is 901 g/mol. The van der Waals surface area contributed by atoms with Gasteiger partial charge in [-0.05, 0) is 108 Å². The number of aromatic amines is 1. The van der Waals surface area contributed by atoms with E-state index in [0.717, 1.165) is 10.9 Å². The number of carbonyl (C=O) groups excluding carboxylic acids is 5. The van der Waals surface area contributed by atoms with E-state index in [1.165, 1.54) is 0 Å². The molecule has 0 saturated heterocycles. The Kier molecular flexibility index (Phi) is 25.5. The van der Waals surface area contributed by atoms with Crippen LogP contribution in [0.5, 0.6) is 0 Å². The second kappa shape index (κ2) is 30.1. The van der Waals surface area contributed by atoms with E-state index in [2.05, 4.69) is 41.6 Å². The molecule has 2 aromatic rings. The number of fused-ring (bicyclic) bond motifs is 1. The Morgan fingerprint density at radius 1 is 0.547 bits per heavy atom. The Balaban J connectivity index is 2.51. The largest absolute Gasteiger partial charge is 0.480 e. The summed E-state index contributed by atoms with van der Waals surface area (Å²) < 4.78 is 0. The first-order chi connectivity index (χ1) is 30.6. The van der Waals surface area contributed by atoms with Gasteiger partial charge < -0.3 is 82.5 Å². The van der Waals surface area contributed by atoms with Crippen molar-refractivity contribution in [3.05, 3.63) is 36.0 Å². The van der Waals surface area contributed by atoms with Gasteiger partial charge in [-0.3, -0.25) is 34.0 Å². The van der Waals surface area contributed by atoms with E-state index in [1.807, 2.05) is 24.3 Å². The zero-order valence-corrected chi connectivity index (χ0v) is 36.7. The first-order valence-electron chi connectivity index (χ1n) is 21.9. The number of carboxylic acids is 1. The smallest absolute Gasteiger partial charge is 0.326 e. The topological polar surface area (TPSA) is 431 Å². The molecule has 0 fully saturated rings. The molecule has 1 heterocycles. The number of nitrogens with zero attached hydrogens (tertiary/aromatic N) is 2. The number of nitrogens with two attached hydrogens (primary N) is 8. The fourth-order valence-electron chi connectivity index (χ4n) is 6.79. The fraction of sp³-hybridized carbons (Fsp3) is 0.610. The molecular weight excluding hydrogens is 829 g/mol. The maximum atomic E-state index is 14.4. The van der Waals surface area contributed by atoms with E-state index in [1.54, 1.807) is 6.20 Å². The number of carbonyl (C=O) groups is 6. The molecule has 23 nitrogen and oxygen atoms in total. The summed E-state index contributed by atoms with van der Waals surface area (Å²) in [6.45, 7) is 1.34. The van der Waals surface area contributed by atoms with Crippen LogP contribution in [-0.4, -0.2) is 126 Å². The third kappa shape index (κ3) is 20.4. The van der Waals surface area contributed by atoms with Crippen LogP contribution >= 0.6 is 0 Å². The van der Waals surface area contributed by atoms with Crippen LogP contribution in [0.25, 0.3) is 10.9 Å². The van der Waals surface area contributed by atoms with Crippen molar-refractivity contribution in [3.63, 3.8) is 0 Å². The number of guanidine groups is 2. The molecule has 1 aromatic heterocycles. The van der Waals surface area contributed by atoms with Crippen molar-refractivity contribution in [1.82, 2.24) is 31.6 Å². The van der Waals surface area contributed by atoms with Crippen LogP contribution in [0.4, 0.5) is 0 Å². The zero-order chi connectivity index (χ0) is 47.4. The van der Waals surface area contributed by atoms with Crippen LogP contribution < -0.4 is 72.5 Å². The number of amides is 5. The van der Waals surface area contributed by atoms with E-state index in [-0.39, 0.29) is 70.0 Å². The number of aliphatic carboxylic acids is 1. The fourth-order valence-corrected chi connectivity index (χ4v) is 6.79. The number of carboxylic acid groups (broad SMARTS) is 1. The molecule has 6 atom stereocenters. The van der Waals surface area contributed by atoms with Crippen molar-refractivity contribution < 1.29 is 33.9 Å². The predicted octanol–water partition coefficient (Wildman–Crippen LogP) is -2.96. The second-order valence-electron chi connectivity index (χ2n) is 15.6. The molecule has 1 aromatic carbocycles. The van der Waals surface area contributed by atoms with Gasteiger partial charge in [-0.25, -0.2) is 4.79 Å². The molecule has 358 valence electrons. The minimum atomic E-state index is -1.32. The van der Waals surface area contributed by atoms with Crippen molar-refractivity contribution in [2.24, 2.45) is 55.9 Å². The second-order valence-corrected chi connectivity index (χ2v) is 15.6. The predicted molar refractivity (Wildman–Crippen MR) is 246 cm³/mol. The van der Waals surface area contributed by atoms with Crippen LogP contribution in [0, 0.1) is 0 Å². The molecule has 0 aliphatic heterocycles. The molecular formula is C41H72N16O7. The summed E-state index contributed by atoms with van der Waals surface area (Å²) in [5, 5.41) is 24.1. The Labute approximate surface area is 373 Å². The number of rotatable bonds is 33. The molecule has 64 heavy (non-hydrogen) atoms. The Morgan fingerprint density at radius 2 is 0.953 bits per heavy atom. The molecule has 0 saturated carbocycles. The van der Waals surface area contributed by atoms with Crippen molar-refractivity contribution in [2.45, 2.75) is 126 Å². The van der Waals surface area contributed by atoms with Gasteiger partial charge >= 0.3 is 5.97 Å². The molecule has 2 rings (SSSR count). The summed E-state index contributed by atoms with van der Waals surface area (Å²) in [6.07, 6.45) is 5.95. The van der Waals surface area contributed by atoms with Gasteiger partial charge in [0.1, 0.15) is 30.2 Å². The highest BCUT2D eigenvalue weighted by atomic mass is 16.4. The standard InChI is InChI=1S/C41H72N16O7/c42-18-6-3-12-27(45)34(58)53-30(16-9-21-50-40(46)47)35(59)54-31(17-10-22-51-41(48)49)37(61)57-33(23-25-24-52-28-13-2-1-11-26(25)28)38(62)55-29(14-4-7-19-43)36(60)56-32(39(63)64)15-5-8-20-44/h1-2,11,13,24,27,29-33,52H,3-10,12,14-23,42-45H2,(H,53,58)(H,54,59)(H,55,62)(H,56,60)(H,57,61)(H,63,64)(H4,46,47,50)(H4,48,49,51). The lowest BCUT2D eigenvalue weighted by atomic mass is 10.0. The van der Waals surface area contributed by atoms with Crippen LogP contribution in [0.15, 0.2) is 40.4 Å². The van der Waals surface area contributed by atoms with Crippen molar-refractivity contribution >= 4 is 58.3 Å². The maximum absolute atomic E-state index is 14.4. The highest BCUT2D eigenvalue weighted by Gasteiger charge is 2.33. The summed E-state index contributed by atoms with van der Waals surface area (Å²) in [7, 11) is 0. The minimum Gasteiger partial charge on any atom is -0.480 e. The van der Waals surface area contributed by atoms with Gasteiger partial charge in [0.2, 0.25) is 29.5 Å². The van der Waals surface area contributed by atoms with E-state index >= 15 is 0 Å². The number of hydrogen-bond donors (Lipinski definition) is 15. The molecule has 5 amide bonds. The Morgan fingerprint density at radius 3 is 1.44 bits per heavy atom. The van der Waals surface area contributed by atoms with Gasteiger partial charge in [0, 0.05) is 36.6 Å². The minimum absolute atomic E-state index is 0.00605. The average molecular weight is 901 g/mol. The number of benzene rings is 1. The van der Waals surface area contributed by atoms with Gasteiger partial charge in [-0.1, -0.05) is 24.6 Å². The molecule has 0 radical (unpaired) electrons. The number of H-pyrrole nitrogens is 1. The van der Waals surface area contributed by atoms with Crippen LogP contribution in [0.3, 0.4) is 0 Å². The molecule has 0 bridgehead atoms. The Bertz CT molecular complexity index is 1830. The van der Waals surface area contributed by atoms with E-state index in [0.29, 0.717) is 70.1 Å². The summed E-state index contributed by atoms with van der Waals surface area (Å²) in [6, 6.07) is 0.198. The number of aromatic nitrogens is 1. The molecule has 6 unspecified atom stereocenters. The third-order valence-electron chi connectivity index (χ3n) is 10.3. The highest BCUT2D eigenvalue weighted by molar-refractivity contribution is 5.97. The number of hydrogen-bond acceptors (Lipinski definition) is 12. The summed E-state index contributed by atoms with van der Waals surface area (Å²) in [5.74, 6) is -5.11. The highest BCUT2D eigenvalue weighted by Crippen LogP contribution is 2.20. The van der Waals surface area contributed by atoms with Gasteiger partial charge in [-0.15, -0.1) is 0 Å². The molecule has 0 spiro atoms. The lowest BCUT2D eigenvalue weighted by Gasteiger charge is -2.27.